The van der Waals surface area contributed by atoms with Crippen LogP contribution in [0.1, 0.15) is 6.42 Å². The first-order chi connectivity index (χ1) is 13.8. The Morgan fingerprint density at radius 3 is 3.00 bits per heavy atom. The summed E-state index contributed by atoms with van der Waals surface area (Å²) in [4.78, 5) is 13.3. The number of fused-ring (bicyclic) bond motifs is 1. The molecule has 0 unspecified atom stereocenters. The number of anilines is 2. The van der Waals surface area contributed by atoms with Gasteiger partial charge in [-0.05, 0) is 19.0 Å². The third-order valence-electron chi connectivity index (χ3n) is 4.73. The third kappa shape index (κ3) is 3.16. The number of aryl methyl sites for hydroxylation is 1. The van der Waals surface area contributed by atoms with E-state index in [4.69, 9.17) is 4.74 Å². The van der Waals surface area contributed by atoms with Gasteiger partial charge in [0.1, 0.15) is 6.10 Å². The molecule has 1 aliphatic rings. The van der Waals surface area contributed by atoms with Gasteiger partial charge in [0.05, 0.1) is 18.1 Å². The minimum Gasteiger partial charge on any atom is -0.473 e. The van der Waals surface area contributed by atoms with Crippen molar-refractivity contribution in [3.05, 3.63) is 49.3 Å². The number of imidazole rings is 1. The van der Waals surface area contributed by atoms with E-state index in [0.29, 0.717) is 11.7 Å². The average Bonchev–Trinajstić information content (AvgIpc) is 3.43. The molecule has 0 radical (unpaired) electrons. The zero-order chi connectivity index (χ0) is 18.9. The Bertz CT molecular complexity index is 1110. The van der Waals surface area contributed by atoms with Crippen molar-refractivity contribution in [2.45, 2.75) is 12.5 Å². The van der Waals surface area contributed by atoms with Crippen LogP contribution < -0.4 is 15.4 Å². The molecule has 1 aliphatic heterocycles. The van der Waals surface area contributed by atoms with Crippen LogP contribution in [0.3, 0.4) is 0 Å². The van der Waals surface area contributed by atoms with E-state index in [-0.39, 0.29) is 6.10 Å². The predicted molar refractivity (Wildman–Crippen MR) is 105 cm³/mol. The summed E-state index contributed by atoms with van der Waals surface area (Å²) >= 11 is 0. The van der Waals surface area contributed by atoms with Gasteiger partial charge in [-0.1, -0.05) is 0 Å². The number of nitrogens with one attached hydrogen (secondary N) is 2. The van der Waals surface area contributed by atoms with Gasteiger partial charge in [-0.15, -0.1) is 0 Å². The maximum absolute atomic E-state index is 5.94. The minimum atomic E-state index is 0.165. The van der Waals surface area contributed by atoms with E-state index in [0.717, 1.165) is 42.1 Å². The average molecular weight is 376 g/mol. The lowest BCUT2D eigenvalue weighted by molar-refractivity contribution is 0.214. The van der Waals surface area contributed by atoms with Crippen molar-refractivity contribution in [2.75, 3.05) is 18.4 Å². The van der Waals surface area contributed by atoms with E-state index >= 15 is 0 Å². The van der Waals surface area contributed by atoms with Gasteiger partial charge in [0.15, 0.2) is 11.5 Å². The molecule has 0 amide bonds. The molecule has 4 aromatic heterocycles. The molecule has 1 atom stereocenters. The monoisotopic (exact) mass is 376 g/mol. The molecule has 1 saturated heterocycles. The van der Waals surface area contributed by atoms with Crippen LogP contribution in [0, 0.1) is 0 Å². The van der Waals surface area contributed by atoms with Crippen molar-refractivity contribution in [3.8, 4) is 17.1 Å². The summed E-state index contributed by atoms with van der Waals surface area (Å²) in [6.45, 7) is 1.83. The molecular formula is C19H20N8O. The lowest BCUT2D eigenvalue weighted by atomic mass is 10.3. The zero-order valence-electron chi connectivity index (χ0n) is 15.4. The van der Waals surface area contributed by atoms with Gasteiger partial charge in [-0.3, -0.25) is 9.08 Å². The van der Waals surface area contributed by atoms with E-state index < -0.39 is 0 Å². The summed E-state index contributed by atoms with van der Waals surface area (Å²) in [6.07, 6.45) is 12.1. The Morgan fingerprint density at radius 2 is 2.18 bits per heavy atom. The summed E-state index contributed by atoms with van der Waals surface area (Å²) < 4.78 is 9.71. The molecular weight excluding hydrogens is 356 g/mol. The largest absolute Gasteiger partial charge is 0.473 e. The summed E-state index contributed by atoms with van der Waals surface area (Å²) in [6, 6.07) is 3.77. The van der Waals surface area contributed by atoms with Crippen molar-refractivity contribution >= 4 is 17.2 Å². The SMILES string of the molecule is Cn1cc(-c2cnc3c(Nc4ccnc(O[C@H]5CCNC5)c4)nccn23)cn1. The number of hydrogen-bond donors (Lipinski definition) is 2. The Hall–Kier alpha value is -3.46. The van der Waals surface area contributed by atoms with Gasteiger partial charge >= 0.3 is 0 Å². The van der Waals surface area contributed by atoms with Crippen molar-refractivity contribution in [1.29, 1.82) is 0 Å². The molecule has 0 spiro atoms. The van der Waals surface area contributed by atoms with Crippen LogP contribution in [0.25, 0.3) is 16.9 Å². The number of hydrogen-bond acceptors (Lipinski definition) is 7. The fourth-order valence-corrected chi connectivity index (χ4v) is 3.36. The van der Waals surface area contributed by atoms with Crippen molar-refractivity contribution in [1.82, 2.24) is 34.4 Å². The van der Waals surface area contributed by atoms with Gasteiger partial charge in [-0.2, -0.15) is 5.10 Å². The molecule has 28 heavy (non-hydrogen) atoms. The van der Waals surface area contributed by atoms with Gasteiger partial charge in [0, 0.05) is 55.7 Å². The number of pyridine rings is 1. The quantitative estimate of drug-likeness (QED) is 0.550. The highest BCUT2D eigenvalue weighted by Gasteiger charge is 2.17. The van der Waals surface area contributed by atoms with Crippen LogP contribution in [0.15, 0.2) is 49.3 Å². The van der Waals surface area contributed by atoms with E-state index in [9.17, 15) is 0 Å². The van der Waals surface area contributed by atoms with Crippen molar-refractivity contribution in [2.24, 2.45) is 7.05 Å². The molecule has 0 bridgehead atoms. The molecule has 4 aromatic rings. The Labute approximate surface area is 161 Å². The number of aromatic nitrogens is 6. The highest BCUT2D eigenvalue weighted by molar-refractivity contribution is 5.74. The predicted octanol–water partition coefficient (Wildman–Crippen LogP) is 2.01. The number of ether oxygens (including phenoxy) is 1. The second kappa shape index (κ2) is 6.93. The standard InChI is InChI=1S/C19H20N8O/c1-26-12-13(9-24-26)16-11-23-19-18(22-6-7-27(16)19)25-14-2-5-21-17(8-14)28-15-3-4-20-10-15/h2,5-9,11-12,15,20H,3-4,10H2,1H3,(H,21,22,25)/t15-/m0/s1. The van der Waals surface area contributed by atoms with Crippen LogP contribution in [0.4, 0.5) is 11.5 Å². The lowest BCUT2D eigenvalue weighted by Gasteiger charge is -2.13. The molecule has 9 nitrogen and oxygen atoms in total. The summed E-state index contributed by atoms with van der Waals surface area (Å²) in [5, 5.41) is 10.9. The summed E-state index contributed by atoms with van der Waals surface area (Å²) in [7, 11) is 1.89. The molecule has 9 heteroatoms. The molecule has 142 valence electrons. The van der Waals surface area contributed by atoms with Gasteiger partial charge in [-0.25, -0.2) is 15.0 Å². The fraction of sp³-hybridized carbons (Fsp3) is 0.263. The van der Waals surface area contributed by atoms with Crippen LogP contribution in [0.2, 0.25) is 0 Å². The second-order valence-electron chi connectivity index (χ2n) is 6.76. The highest BCUT2D eigenvalue weighted by Crippen LogP contribution is 2.26. The molecule has 1 fully saturated rings. The fourth-order valence-electron chi connectivity index (χ4n) is 3.36. The van der Waals surface area contributed by atoms with Gasteiger partial charge in [0.25, 0.3) is 0 Å². The first kappa shape index (κ1) is 16.7. The van der Waals surface area contributed by atoms with Crippen molar-refractivity contribution in [3.63, 3.8) is 0 Å². The van der Waals surface area contributed by atoms with Crippen LogP contribution >= 0.6 is 0 Å². The van der Waals surface area contributed by atoms with E-state index in [2.05, 4.69) is 30.7 Å². The first-order valence-electron chi connectivity index (χ1n) is 9.18. The second-order valence-corrected chi connectivity index (χ2v) is 6.76. The molecule has 0 aliphatic carbocycles. The number of rotatable bonds is 5. The maximum atomic E-state index is 5.94. The van der Waals surface area contributed by atoms with Crippen LogP contribution in [-0.4, -0.2) is 48.3 Å². The molecule has 5 rings (SSSR count). The Morgan fingerprint density at radius 1 is 1.21 bits per heavy atom. The molecule has 5 heterocycles. The first-order valence-corrected chi connectivity index (χ1v) is 9.18. The summed E-state index contributed by atoms with van der Waals surface area (Å²) in [5.74, 6) is 1.27. The van der Waals surface area contributed by atoms with E-state index in [1.807, 2.05) is 48.4 Å². The van der Waals surface area contributed by atoms with E-state index in [1.54, 1.807) is 17.1 Å². The summed E-state index contributed by atoms with van der Waals surface area (Å²) in [5.41, 5.74) is 3.54. The topological polar surface area (TPSA) is 94.2 Å². The Kier molecular flexibility index (Phi) is 4.13. The lowest BCUT2D eigenvalue weighted by Crippen LogP contribution is -2.20. The molecule has 0 aromatic carbocycles. The van der Waals surface area contributed by atoms with Gasteiger partial charge in [0.2, 0.25) is 5.88 Å². The highest BCUT2D eigenvalue weighted by atomic mass is 16.5. The number of nitrogens with zero attached hydrogens (tertiary/aromatic N) is 6. The maximum Gasteiger partial charge on any atom is 0.215 e. The third-order valence-corrected chi connectivity index (χ3v) is 4.73. The zero-order valence-corrected chi connectivity index (χ0v) is 15.4. The smallest absolute Gasteiger partial charge is 0.215 e. The van der Waals surface area contributed by atoms with Crippen LogP contribution in [-0.2, 0) is 7.05 Å². The Balaban J connectivity index is 1.43. The minimum absolute atomic E-state index is 0.165. The van der Waals surface area contributed by atoms with Crippen LogP contribution in [0.5, 0.6) is 5.88 Å². The van der Waals surface area contributed by atoms with Crippen molar-refractivity contribution < 1.29 is 4.74 Å². The molecule has 2 N–H and O–H groups in total. The normalized spacial score (nSPS) is 16.5. The molecule has 0 saturated carbocycles. The van der Waals surface area contributed by atoms with E-state index in [1.165, 1.54) is 0 Å². The van der Waals surface area contributed by atoms with Gasteiger partial charge < -0.3 is 15.4 Å².